The van der Waals surface area contributed by atoms with Crippen LogP contribution in [0.15, 0.2) is 24.3 Å². The fourth-order valence-corrected chi connectivity index (χ4v) is 4.42. The molecule has 0 bridgehead atoms. The van der Waals surface area contributed by atoms with Crippen molar-refractivity contribution in [2.24, 2.45) is 23.5 Å². The summed E-state index contributed by atoms with van der Waals surface area (Å²) in [5, 5.41) is 6.46. The van der Waals surface area contributed by atoms with Crippen molar-refractivity contribution < 1.29 is 9.59 Å². The average molecular weight is 387 g/mol. The number of anilines is 1. The molecule has 154 valence electrons. The average Bonchev–Trinajstić information content (AvgIpc) is 2.70. The minimum absolute atomic E-state index is 0.0336. The van der Waals surface area contributed by atoms with E-state index in [1.54, 1.807) is 0 Å². The number of nitrogens with zero attached hydrogens (tertiary/aromatic N) is 1. The molecule has 1 aromatic carbocycles. The summed E-state index contributed by atoms with van der Waals surface area (Å²) in [6, 6.07) is 8.04. The molecule has 0 aromatic heterocycles. The fraction of sp³-hybridized carbons (Fsp3) is 0.636. The molecule has 2 fully saturated rings. The summed E-state index contributed by atoms with van der Waals surface area (Å²) >= 11 is 0. The van der Waals surface area contributed by atoms with E-state index in [9.17, 15) is 9.59 Å². The molecule has 3 unspecified atom stereocenters. The topological polar surface area (TPSA) is 87.5 Å². The smallest absolute Gasteiger partial charge is 0.224 e. The van der Waals surface area contributed by atoms with Crippen LogP contribution in [0.4, 0.5) is 5.69 Å². The first-order chi connectivity index (χ1) is 13.5. The van der Waals surface area contributed by atoms with Crippen LogP contribution in [-0.2, 0) is 16.1 Å². The standard InChI is InChI=1S/C22H34N4O2/c1-16(18-4-2-10-24-13-18)12-21(27)25-20-8-6-17(7-9-20)14-26-11-3-5-19(15-26)22(23)28/h6-9,16,18-19,24H,2-5,10-15H2,1H3,(H2,23,28)(H,25,27). The van der Waals surface area contributed by atoms with Crippen molar-refractivity contribution in [3.8, 4) is 0 Å². The Morgan fingerprint density at radius 2 is 2.04 bits per heavy atom. The van der Waals surface area contributed by atoms with Crippen molar-refractivity contribution in [2.75, 3.05) is 31.5 Å². The van der Waals surface area contributed by atoms with E-state index in [2.05, 4.69) is 34.6 Å². The number of nitrogens with one attached hydrogen (secondary N) is 2. The van der Waals surface area contributed by atoms with Crippen LogP contribution in [0.1, 0.15) is 44.6 Å². The number of carbonyl (C=O) groups excluding carboxylic acids is 2. The fourth-order valence-electron chi connectivity index (χ4n) is 4.42. The zero-order valence-corrected chi connectivity index (χ0v) is 17.0. The first kappa shape index (κ1) is 20.8. The molecule has 1 aromatic rings. The molecule has 3 atom stereocenters. The van der Waals surface area contributed by atoms with Crippen LogP contribution in [0.3, 0.4) is 0 Å². The summed E-state index contributed by atoms with van der Waals surface area (Å²) in [6.07, 6.45) is 4.89. The van der Waals surface area contributed by atoms with Gasteiger partial charge in [-0.05, 0) is 74.8 Å². The molecule has 0 saturated carbocycles. The molecule has 2 heterocycles. The van der Waals surface area contributed by atoms with Crippen molar-refractivity contribution in [1.82, 2.24) is 10.2 Å². The van der Waals surface area contributed by atoms with E-state index in [-0.39, 0.29) is 17.7 Å². The van der Waals surface area contributed by atoms with Crippen molar-refractivity contribution in [3.05, 3.63) is 29.8 Å². The van der Waals surface area contributed by atoms with Gasteiger partial charge in [0.15, 0.2) is 0 Å². The number of nitrogens with two attached hydrogens (primary N) is 1. The van der Waals surface area contributed by atoms with Crippen LogP contribution in [0.25, 0.3) is 0 Å². The molecule has 0 radical (unpaired) electrons. The lowest BCUT2D eigenvalue weighted by Crippen LogP contribution is -2.40. The predicted octanol–water partition coefficient (Wildman–Crippen LogP) is 2.35. The second kappa shape index (κ2) is 10.0. The van der Waals surface area contributed by atoms with E-state index >= 15 is 0 Å². The van der Waals surface area contributed by atoms with E-state index in [0.29, 0.717) is 18.3 Å². The zero-order chi connectivity index (χ0) is 19.9. The molecule has 6 nitrogen and oxygen atoms in total. The molecule has 28 heavy (non-hydrogen) atoms. The number of benzene rings is 1. The van der Waals surface area contributed by atoms with Gasteiger partial charge in [0.25, 0.3) is 0 Å². The van der Waals surface area contributed by atoms with E-state index in [1.165, 1.54) is 18.4 Å². The van der Waals surface area contributed by atoms with Crippen LogP contribution in [0.2, 0.25) is 0 Å². The molecule has 0 spiro atoms. The van der Waals surface area contributed by atoms with Crippen molar-refractivity contribution in [2.45, 2.75) is 45.6 Å². The van der Waals surface area contributed by atoms with Crippen LogP contribution in [0, 0.1) is 17.8 Å². The third kappa shape index (κ3) is 6.04. The Hall–Kier alpha value is -1.92. The van der Waals surface area contributed by atoms with E-state index in [4.69, 9.17) is 5.73 Å². The number of amides is 2. The lowest BCUT2D eigenvalue weighted by atomic mass is 9.85. The molecule has 4 N–H and O–H groups in total. The number of hydrogen-bond acceptors (Lipinski definition) is 4. The Balaban J connectivity index is 1.46. The van der Waals surface area contributed by atoms with Gasteiger partial charge in [-0.15, -0.1) is 0 Å². The van der Waals surface area contributed by atoms with E-state index < -0.39 is 0 Å². The highest BCUT2D eigenvalue weighted by Gasteiger charge is 2.24. The summed E-state index contributed by atoms with van der Waals surface area (Å²) in [6.45, 7) is 6.85. The number of carbonyl (C=O) groups is 2. The number of hydrogen-bond donors (Lipinski definition) is 3. The van der Waals surface area contributed by atoms with Gasteiger partial charge in [-0.1, -0.05) is 19.1 Å². The van der Waals surface area contributed by atoms with Crippen molar-refractivity contribution in [3.63, 3.8) is 0 Å². The maximum atomic E-state index is 12.4. The lowest BCUT2D eigenvalue weighted by Gasteiger charge is -2.31. The molecule has 2 aliphatic heterocycles. The SMILES string of the molecule is CC(CC(=O)Nc1ccc(CN2CCCC(C(N)=O)C2)cc1)C1CCCNC1. The lowest BCUT2D eigenvalue weighted by molar-refractivity contribution is -0.123. The van der Waals surface area contributed by atoms with Crippen molar-refractivity contribution >= 4 is 17.5 Å². The van der Waals surface area contributed by atoms with Gasteiger partial charge in [0, 0.05) is 25.2 Å². The Morgan fingerprint density at radius 1 is 1.25 bits per heavy atom. The van der Waals surface area contributed by atoms with Crippen LogP contribution in [0.5, 0.6) is 0 Å². The van der Waals surface area contributed by atoms with Crippen molar-refractivity contribution in [1.29, 1.82) is 0 Å². The van der Waals surface area contributed by atoms with Gasteiger partial charge in [-0.25, -0.2) is 0 Å². The Kier molecular flexibility index (Phi) is 7.45. The van der Waals surface area contributed by atoms with E-state index in [0.717, 1.165) is 51.3 Å². The minimum Gasteiger partial charge on any atom is -0.369 e. The predicted molar refractivity (Wildman–Crippen MR) is 112 cm³/mol. The van der Waals surface area contributed by atoms with Gasteiger partial charge in [0.1, 0.15) is 0 Å². The Bertz CT molecular complexity index is 655. The van der Waals surface area contributed by atoms with Crippen LogP contribution < -0.4 is 16.4 Å². The number of rotatable bonds is 7. The first-order valence-electron chi connectivity index (χ1n) is 10.6. The quantitative estimate of drug-likeness (QED) is 0.671. The van der Waals surface area contributed by atoms with E-state index in [1.807, 2.05) is 12.1 Å². The number of primary amides is 1. The van der Waals surface area contributed by atoms with Gasteiger partial charge in [-0.3, -0.25) is 14.5 Å². The third-order valence-corrected chi connectivity index (χ3v) is 6.20. The first-order valence-corrected chi connectivity index (χ1v) is 10.6. The largest absolute Gasteiger partial charge is 0.369 e. The highest BCUT2D eigenvalue weighted by molar-refractivity contribution is 5.90. The summed E-state index contributed by atoms with van der Waals surface area (Å²) in [5.74, 6) is 0.848. The van der Waals surface area contributed by atoms with Crippen LogP contribution in [-0.4, -0.2) is 42.9 Å². The monoisotopic (exact) mass is 386 g/mol. The highest BCUT2D eigenvalue weighted by atomic mass is 16.2. The van der Waals surface area contributed by atoms with Gasteiger partial charge in [0.2, 0.25) is 11.8 Å². The second-order valence-electron chi connectivity index (χ2n) is 8.51. The molecule has 2 aliphatic rings. The van der Waals surface area contributed by atoms with Gasteiger partial charge >= 0.3 is 0 Å². The number of piperidine rings is 2. The molecule has 2 amide bonds. The Morgan fingerprint density at radius 3 is 2.71 bits per heavy atom. The van der Waals surface area contributed by atoms with Crippen LogP contribution >= 0.6 is 0 Å². The normalized spacial score (nSPS) is 24.5. The molecule has 2 saturated heterocycles. The maximum absolute atomic E-state index is 12.4. The highest BCUT2D eigenvalue weighted by Crippen LogP contribution is 2.23. The summed E-state index contributed by atoms with van der Waals surface area (Å²) in [7, 11) is 0. The summed E-state index contributed by atoms with van der Waals surface area (Å²) in [4.78, 5) is 26.1. The number of likely N-dealkylation sites (tertiary alicyclic amines) is 1. The van der Waals surface area contributed by atoms with Gasteiger partial charge in [0.05, 0.1) is 5.92 Å². The third-order valence-electron chi connectivity index (χ3n) is 6.20. The van der Waals surface area contributed by atoms with Gasteiger partial charge < -0.3 is 16.4 Å². The summed E-state index contributed by atoms with van der Waals surface area (Å²) in [5.41, 5.74) is 7.49. The molecular weight excluding hydrogens is 352 g/mol. The second-order valence-corrected chi connectivity index (χ2v) is 8.51. The molecular formula is C22H34N4O2. The zero-order valence-electron chi connectivity index (χ0n) is 17.0. The maximum Gasteiger partial charge on any atom is 0.224 e. The summed E-state index contributed by atoms with van der Waals surface area (Å²) < 4.78 is 0. The van der Waals surface area contributed by atoms with Gasteiger partial charge in [-0.2, -0.15) is 0 Å². The molecule has 3 rings (SSSR count). The Labute approximate surface area is 168 Å². The minimum atomic E-state index is -0.194. The molecule has 6 heteroatoms. The molecule has 0 aliphatic carbocycles.